The first kappa shape index (κ1) is 16.4. The molecule has 0 saturated heterocycles. The molecule has 0 fully saturated rings. The van der Waals surface area contributed by atoms with Crippen LogP contribution < -0.4 is 10.6 Å². The van der Waals surface area contributed by atoms with Gasteiger partial charge < -0.3 is 10.6 Å². The predicted octanol–water partition coefficient (Wildman–Crippen LogP) is 0.900. The lowest BCUT2D eigenvalue weighted by Crippen LogP contribution is -2.38. The van der Waals surface area contributed by atoms with Gasteiger partial charge in [-0.25, -0.2) is 4.79 Å². The van der Waals surface area contributed by atoms with Gasteiger partial charge >= 0.3 is 6.03 Å². The summed E-state index contributed by atoms with van der Waals surface area (Å²) in [5.74, 6) is -1.02. The number of urea groups is 1. The fraction of sp³-hybridized carbons (Fsp3) is 0.357. The van der Waals surface area contributed by atoms with Crippen LogP contribution in [0.15, 0.2) is 18.2 Å². The lowest BCUT2D eigenvalue weighted by molar-refractivity contribution is -0.384. The van der Waals surface area contributed by atoms with Gasteiger partial charge in [0.25, 0.3) is 17.5 Å². The van der Waals surface area contributed by atoms with Gasteiger partial charge in [-0.1, -0.05) is 0 Å². The molecule has 4 amide bonds. The molecular weight excluding hydrogens is 304 g/mol. The van der Waals surface area contributed by atoms with Crippen molar-refractivity contribution in [1.82, 2.24) is 15.5 Å². The molecule has 1 aliphatic heterocycles. The molecule has 1 aromatic carbocycles. The van der Waals surface area contributed by atoms with Gasteiger partial charge in [0.1, 0.15) is 0 Å². The lowest BCUT2D eigenvalue weighted by atomic mass is 10.1. The van der Waals surface area contributed by atoms with Crippen molar-refractivity contribution in [2.24, 2.45) is 0 Å². The molecule has 0 spiro atoms. The molecule has 23 heavy (non-hydrogen) atoms. The number of imide groups is 1. The summed E-state index contributed by atoms with van der Waals surface area (Å²) in [4.78, 5) is 46.7. The molecule has 122 valence electrons. The molecule has 9 nitrogen and oxygen atoms in total. The van der Waals surface area contributed by atoms with Crippen LogP contribution in [0, 0.1) is 10.1 Å². The number of fused-ring (bicyclic) bond motifs is 1. The minimum Gasteiger partial charge on any atom is -0.338 e. The highest BCUT2D eigenvalue weighted by Gasteiger charge is 2.36. The van der Waals surface area contributed by atoms with Crippen molar-refractivity contribution in [3.05, 3.63) is 39.4 Å². The van der Waals surface area contributed by atoms with Crippen molar-refractivity contribution >= 4 is 23.5 Å². The number of amides is 4. The third kappa shape index (κ3) is 3.44. The number of nitro groups is 1. The summed E-state index contributed by atoms with van der Waals surface area (Å²) in [5, 5.41) is 15.9. The first-order chi connectivity index (χ1) is 11.0. The van der Waals surface area contributed by atoms with E-state index in [1.54, 1.807) is 6.92 Å². The molecule has 1 aromatic rings. The second kappa shape index (κ2) is 6.86. The Morgan fingerprint density at radius 3 is 2.57 bits per heavy atom. The molecular formula is C14H16N4O5. The van der Waals surface area contributed by atoms with E-state index in [-0.39, 0.29) is 29.4 Å². The number of nitrogens with zero attached hydrogens (tertiary/aromatic N) is 2. The van der Waals surface area contributed by atoms with E-state index in [9.17, 15) is 24.5 Å². The van der Waals surface area contributed by atoms with Gasteiger partial charge in [0, 0.05) is 31.8 Å². The minimum atomic E-state index is -0.614. The summed E-state index contributed by atoms with van der Waals surface area (Å²) in [5.41, 5.74) is -0.0252. The van der Waals surface area contributed by atoms with Crippen LogP contribution in [0.3, 0.4) is 0 Å². The maximum atomic E-state index is 12.2. The van der Waals surface area contributed by atoms with Crippen molar-refractivity contribution in [2.45, 2.75) is 13.3 Å². The Morgan fingerprint density at radius 2 is 1.91 bits per heavy atom. The summed E-state index contributed by atoms with van der Waals surface area (Å²) in [6.45, 7) is 2.73. The van der Waals surface area contributed by atoms with Gasteiger partial charge in [-0.3, -0.25) is 24.6 Å². The summed E-state index contributed by atoms with van der Waals surface area (Å²) >= 11 is 0. The number of nitro benzene ring substituents is 1. The topological polar surface area (TPSA) is 122 Å². The third-order valence-electron chi connectivity index (χ3n) is 3.35. The number of carbonyl (C=O) groups is 3. The number of rotatable bonds is 6. The molecule has 2 rings (SSSR count). The second-order valence-corrected chi connectivity index (χ2v) is 4.89. The van der Waals surface area contributed by atoms with Crippen LogP contribution in [-0.4, -0.2) is 47.3 Å². The van der Waals surface area contributed by atoms with Crippen molar-refractivity contribution in [2.75, 3.05) is 19.6 Å². The Labute approximate surface area is 131 Å². The lowest BCUT2D eigenvalue weighted by Gasteiger charge is -2.13. The predicted molar refractivity (Wildman–Crippen MR) is 80.2 cm³/mol. The van der Waals surface area contributed by atoms with E-state index < -0.39 is 16.7 Å². The maximum Gasteiger partial charge on any atom is 0.314 e. The van der Waals surface area contributed by atoms with E-state index in [1.165, 1.54) is 12.1 Å². The molecule has 0 radical (unpaired) electrons. The number of carbonyl (C=O) groups excluding carboxylic acids is 3. The van der Waals surface area contributed by atoms with Crippen LogP contribution in [0.2, 0.25) is 0 Å². The number of nitrogens with one attached hydrogen (secondary N) is 2. The summed E-state index contributed by atoms with van der Waals surface area (Å²) in [6.07, 6.45) is 0.394. The summed E-state index contributed by atoms with van der Waals surface area (Å²) < 4.78 is 0. The van der Waals surface area contributed by atoms with Crippen molar-refractivity contribution in [3.8, 4) is 0 Å². The SMILES string of the molecule is CCNC(=O)NCCCN1C(=O)c2ccc([N+](=O)[O-])cc2C1=O. The molecule has 0 aromatic heterocycles. The monoisotopic (exact) mass is 320 g/mol. The fourth-order valence-electron chi connectivity index (χ4n) is 2.26. The van der Waals surface area contributed by atoms with Crippen LogP contribution in [-0.2, 0) is 0 Å². The van der Waals surface area contributed by atoms with Gasteiger partial charge in [-0.15, -0.1) is 0 Å². The number of non-ortho nitro benzene ring substituents is 1. The fourth-order valence-corrected chi connectivity index (χ4v) is 2.26. The van der Waals surface area contributed by atoms with E-state index in [2.05, 4.69) is 10.6 Å². The molecule has 1 heterocycles. The average molecular weight is 320 g/mol. The Balaban J connectivity index is 1.98. The van der Waals surface area contributed by atoms with Gasteiger partial charge in [0.05, 0.1) is 16.1 Å². The zero-order valence-electron chi connectivity index (χ0n) is 12.5. The number of hydrogen-bond acceptors (Lipinski definition) is 5. The first-order valence-corrected chi connectivity index (χ1v) is 7.12. The molecule has 1 aliphatic rings. The quantitative estimate of drug-likeness (QED) is 0.349. The van der Waals surface area contributed by atoms with E-state index in [4.69, 9.17) is 0 Å². The molecule has 9 heteroatoms. The smallest absolute Gasteiger partial charge is 0.314 e. The highest BCUT2D eigenvalue weighted by atomic mass is 16.6. The van der Waals surface area contributed by atoms with E-state index in [0.717, 1.165) is 11.0 Å². The Hall–Kier alpha value is -2.97. The minimum absolute atomic E-state index is 0.0425. The number of hydrogen-bond donors (Lipinski definition) is 2. The van der Waals surface area contributed by atoms with Gasteiger partial charge in [0.15, 0.2) is 0 Å². The summed E-state index contributed by atoms with van der Waals surface area (Å²) in [6, 6.07) is 3.29. The highest BCUT2D eigenvalue weighted by Crippen LogP contribution is 2.26. The number of benzene rings is 1. The molecule has 0 saturated carbocycles. The van der Waals surface area contributed by atoms with Crippen LogP contribution >= 0.6 is 0 Å². The van der Waals surface area contributed by atoms with Crippen LogP contribution in [0.1, 0.15) is 34.1 Å². The Kier molecular flexibility index (Phi) is 4.89. The first-order valence-electron chi connectivity index (χ1n) is 7.12. The van der Waals surface area contributed by atoms with Crippen molar-refractivity contribution in [1.29, 1.82) is 0 Å². The molecule has 0 unspecified atom stereocenters. The van der Waals surface area contributed by atoms with Crippen molar-refractivity contribution in [3.63, 3.8) is 0 Å². The molecule has 0 atom stereocenters. The molecule has 0 bridgehead atoms. The van der Waals surface area contributed by atoms with Crippen LogP contribution in [0.4, 0.5) is 10.5 Å². The van der Waals surface area contributed by atoms with Gasteiger partial charge in [-0.05, 0) is 19.4 Å². The van der Waals surface area contributed by atoms with Gasteiger partial charge in [-0.2, -0.15) is 0 Å². The third-order valence-corrected chi connectivity index (χ3v) is 3.35. The van der Waals surface area contributed by atoms with Crippen LogP contribution in [0.5, 0.6) is 0 Å². The largest absolute Gasteiger partial charge is 0.338 e. The zero-order chi connectivity index (χ0) is 17.0. The zero-order valence-corrected chi connectivity index (χ0v) is 12.5. The normalized spacial score (nSPS) is 13.0. The van der Waals surface area contributed by atoms with Crippen LogP contribution in [0.25, 0.3) is 0 Å². The second-order valence-electron chi connectivity index (χ2n) is 4.89. The highest BCUT2D eigenvalue weighted by molar-refractivity contribution is 6.21. The Morgan fingerprint density at radius 1 is 1.22 bits per heavy atom. The Bertz CT molecular complexity index is 673. The van der Waals surface area contributed by atoms with Gasteiger partial charge in [0.2, 0.25) is 0 Å². The molecule has 2 N–H and O–H groups in total. The average Bonchev–Trinajstić information content (AvgIpc) is 2.75. The molecule has 0 aliphatic carbocycles. The van der Waals surface area contributed by atoms with E-state index in [1.807, 2.05) is 0 Å². The summed E-state index contributed by atoms with van der Waals surface area (Å²) in [7, 11) is 0. The van der Waals surface area contributed by atoms with E-state index in [0.29, 0.717) is 19.5 Å². The van der Waals surface area contributed by atoms with E-state index >= 15 is 0 Å². The standard InChI is InChI=1S/C14H16N4O5/c1-2-15-14(21)16-6-3-7-17-12(19)10-5-4-9(18(22)23)8-11(10)13(17)20/h4-5,8H,2-3,6-7H2,1H3,(H2,15,16,21). The van der Waals surface area contributed by atoms with Crippen molar-refractivity contribution < 1.29 is 19.3 Å². The maximum absolute atomic E-state index is 12.2.